The summed E-state index contributed by atoms with van der Waals surface area (Å²) in [4.78, 5) is 12.4. The van der Waals surface area contributed by atoms with E-state index in [0.29, 0.717) is 12.8 Å². The molecule has 0 aliphatic rings. The van der Waals surface area contributed by atoms with Crippen molar-refractivity contribution in [2.24, 2.45) is 0 Å². The quantitative estimate of drug-likeness (QED) is 0.0368. The number of unbranched alkanes of at least 4 members (excludes halogenated alkanes) is 29. The third kappa shape index (κ3) is 38.8. The van der Waals surface area contributed by atoms with Gasteiger partial charge >= 0.3 is 0 Å². The van der Waals surface area contributed by atoms with E-state index in [1.165, 1.54) is 173 Å². The lowest BCUT2D eigenvalue weighted by atomic mass is 10.0. The lowest BCUT2D eigenvalue weighted by Crippen LogP contribution is -2.50. The molecule has 0 aliphatic carbocycles. The minimum atomic E-state index is -1.16. The summed E-state index contributed by atoms with van der Waals surface area (Å²) in [5, 5.41) is 33.3. The van der Waals surface area contributed by atoms with Crippen LogP contribution in [0.25, 0.3) is 0 Å². The Morgan fingerprint density at radius 1 is 0.463 bits per heavy atom. The van der Waals surface area contributed by atoms with Crippen LogP contribution in [0.2, 0.25) is 0 Å². The molecule has 0 fully saturated rings. The zero-order chi connectivity index (χ0) is 39.4. The fraction of sp³-hybridized carbons (Fsp3) is 0.857. The summed E-state index contributed by atoms with van der Waals surface area (Å²) in [7, 11) is 0. The van der Waals surface area contributed by atoms with Crippen LogP contribution in [0.1, 0.15) is 245 Å². The minimum Gasteiger partial charge on any atom is -0.394 e. The first-order chi connectivity index (χ1) is 26.6. The summed E-state index contributed by atoms with van der Waals surface area (Å²) < 4.78 is 0. The van der Waals surface area contributed by atoms with E-state index in [1.54, 1.807) is 0 Å². The molecule has 1 amide bonds. The Kier molecular flexibility index (Phi) is 43.1. The summed E-state index contributed by atoms with van der Waals surface area (Å²) in [6, 6.07) is -0.823. The predicted octanol–water partition coefficient (Wildman–Crippen LogP) is 13.9. The first kappa shape index (κ1) is 52.6. The molecule has 318 valence electrons. The van der Waals surface area contributed by atoms with Gasteiger partial charge < -0.3 is 20.6 Å². The summed E-state index contributed by atoms with van der Waals surface area (Å²) in [5.41, 5.74) is 0. The molecule has 0 rings (SSSR count). The van der Waals surface area contributed by atoms with Gasteiger partial charge in [-0.2, -0.15) is 0 Å². The molecule has 4 N–H and O–H groups in total. The molecule has 0 heterocycles. The van der Waals surface area contributed by atoms with Crippen LogP contribution in [0, 0.1) is 0 Å². The summed E-state index contributed by atoms with van der Waals surface area (Å²) >= 11 is 0. The van der Waals surface area contributed by atoms with Crippen molar-refractivity contribution >= 4 is 5.91 Å². The van der Waals surface area contributed by atoms with E-state index >= 15 is 0 Å². The summed E-state index contributed by atoms with van der Waals surface area (Å²) in [5.74, 6) is -0.156. The molecule has 3 atom stereocenters. The van der Waals surface area contributed by atoms with E-state index in [-0.39, 0.29) is 12.5 Å². The standard InChI is InChI=1S/C49H93NO4/c1-3-5-7-9-11-13-14-15-16-17-18-19-20-21-22-23-24-25-26-27-28-29-30-31-32-33-34-36-38-40-42-44-48(53)50-46(45-51)49(54)47(52)43-41-39-37-35-12-10-8-6-4-2/h18-19,21-22,35,37,46-47,49,51-52,54H,3-17,20,23-34,36,38-45H2,1-2H3,(H,50,53)/b19-18-,22-21-,37-35+. The Labute approximate surface area is 336 Å². The molecule has 0 radical (unpaired) electrons. The molecule has 0 aromatic carbocycles. The second-order valence-corrected chi connectivity index (χ2v) is 16.3. The third-order valence-electron chi connectivity index (χ3n) is 11.0. The number of allylic oxidation sites excluding steroid dienone is 6. The Morgan fingerprint density at radius 2 is 0.796 bits per heavy atom. The molecule has 0 spiro atoms. The molecule has 3 unspecified atom stereocenters. The van der Waals surface area contributed by atoms with E-state index in [1.807, 2.05) is 0 Å². The second-order valence-electron chi connectivity index (χ2n) is 16.3. The number of hydrogen-bond acceptors (Lipinski definition) is 4. The molecule has 0 bridgehead atoms. The Balaban J connectivity index is 3.50. The number of rotatable bonds is 43. The van der Waals surface area contributed by atoms with Gasteiger partial charge in [0.15, 0.2) is 0 Å². The van der Waals surface area contributed by atoms with Gasteiger partial charge in [-0.05, 0) is 70.6 Å². The first-order valence-electron chi connectivity index (χ1n) is 23.8. The summed E-state index contributed by atoms with van der Waals surface area (Å²) in [6.45, 7) is 4.13. The van der Waals surface area contributed by atoms with Crippen LogP contribution in [0.4, 0.5) is 0 Å². The van der Waals surface area contributed by atoms with Crippen LogP contribution in [0.15, 0.2) is 36.5 Å². The van der Waals surface area contributed by atoms with Crippen LogP contribution in [0.3, 0.4) is 0 Å². The maximum absolute atomic E-state index is 12.4. The monoisotopic (exact) mass is 760 g/mol. The highest BCUT2D eigenvalue weighted by molar-refractivity contribution is 5.76. The van der Waals surface area contributed by atoms with Crippen LogP contribution >= 0.6 is 0 Å². The lowest BCUT2D eigenvalue weighted by molar-refractivity contribution is -0.124. The van der Waals surface area contributed by atoms with Gasteiger partial charge in [0, 0.05) is 6.42 Å². The number of aliphatic hydroxyl groups excluding tert-OH is 3. The maximum Gasteiger partial charge on any atom is 0.220 e. The molecule has 5 nitrogen and oxygen atoms in total. The average molecular weight is 760 g/mol. The molecule has 0 aliphatic heterocycles. The van der Waals surface area contributed by atoms with E-state index < -0.39 is 18.2 Å². The van der Waals surface area contributed by atoms with E-state index in [9.17, 15) is 20.1 Å². The fourth-order valence-corrected chi connectivity index (χ4v) is 7.25. The van der Waals surface area contributed by atoms with Crippen LogP contribution < -0.4 is 5.32 Å². The van der Waals surface area contributed by atoms with Crippen LogP contribution in [-0.4, -0.2) is 46.1 Å². The third-order valence-corrected chi connectivity index (χ3v) is 11.0. The highest BCUT2D eigenvalue weighted by Crippen LogP contribution is 2.16. The Morgan fingerprint density at radius 3 is 1.20 bits per heavy atom. The SMILES string of the molecule is CCCCCC/C=C/CCCC(O)C(O)C(CO)NC(=O)CCCCCCCCCCCCCCCCC/C=C\C/C=C\CCCCCCCCCCC. The Hall–Kier alpha value is -1.43. The smallest absolute Gasteiger partial charge is 0.220 e. The molecule has 0 saturated carbocycles. The van der Waals surface area contributed by atoms with Gasteiger partial charge in [-0.25, -0.2) is 0 Å². The molecule has 54 heavy (non-hydrogen) atoms. The van der Waals surface area contributed by atoms with Crippen molar-refractivity contribution in [2.45, 2.75) is 263 Å². The van der Waals surface area contributed by atoms with Crippen LogP contribution in [-0.2, 0) is 4.79 Å². The molecule has 5 heteroatoms. The van der Waals surface area contributed by atoms with E-state index in [0.717, 1.165) is 44.9 Å². The summed E-state index contributed by atoms with van der Waals surface area (Å²) in [6.07, 6.45) is 55.8. The zero-order valence-electron chi connectivity index (χ0n) is 36.1. The maximum atomic E-state index is 12.4. The molecular weight excluding hydrogens is 667 g/mol. The van der Waals surface area contributed by atoms with Crippen molar-refractivity contribution in [3.63, 3.8) is 0 Å². The number of nitrogens with one attached hydrogen (secondary N) is 1. The fourth-order valence-electron chi connectivity index (χ4n) is 7.25. The Bertz CT molecular complexity index is 840. The van der Waals surface area contributed by atoms with Crippen molar-refractivity contribution in [1.82, 2.24) is 5.32 Å². The van der Waals surface area contributed by atoms with Gasteiger partial charge in [0.05, 0.1) is 18.8 Å². The van der Waals surface area contributed by atoms with Crippen molar-refractivity contribution < 1.29 is 20.1 Å². The van der Waals surface area contributed by atoms with Crippen molar-refractivity contribution in [3.05, 3.63) is 36.5 Å². The highest BCUT2D eigenvalue weighted by atomic mass is 16.3. The van der Waals surface area contributed by atoms with E-state index in [4.69, 9.17) is 0 Å². The van der Waals surface area contributed by atoms with Crippen molar-refractivity contribution in [3.8, 4) is 0 Å². The number of amides is 1. The topological polar surface area (TPSA) is 89.8 Å². The van der Waals surface area contributed by atoms with Gasteiger partial charge in [0.25, 0.3) is 0 Å². The second kappa shape index (κ2) is 44.3. The van der Waals surface area contributed by atoms with Gasteiger partial charge in [-0.3, -0.25) is 4.79 Å². The molecule has 0 aromatic heterocycles. The number of carbonyl (C=O) groups excluding carboxylic acids is 1. The number of carbonyl (C=O) groups is 1. The normalized spacial score (nSPS) is 13.8. The molecule has 0 saturated heterocycles. The highest BCUT2D eigenvalue weighted by Gasteiger charge is 2.26. The van der Waals surface area contributed by atoms with Gasteiger partial charge in [-0.15, -0.1) is 0 Å². The van der Waals surface area contributed by atoms with Gasteiger partial charge in [0.2, 0.25) is 5.91 Å². The predicted molar refractivity (Wildman–Crippen MR) is 236 cm³/mol. The minimum absolute atomic E-state index is 0.156. The van der Waals surface area contributed by atoms with Gasteiger partial charge in [0.1, 0.15) is 6.10 Å². The first-order valence-corrected chi connectivity index (χ1v) is 23.8. The van der Waals surface area contributed by atoms with E-state index in [2.05, 4.69) is 55.6 Å². The van der Waals surface area contributed by atoms with Crippen LogP contribution in [0.5, 0.6) is 0 Å². The lowest BCUT2D eigenvalue weighted by Gasteiger charge is -2.26. The number of aliphatic hydroxyl groups is 3. The molecular formula is C49H93NO4. The molecule has 0 aromatic rings. The van der Waals surface area contributed by atoms with Crippen molar-refractivity contribution in [1.29, 1.82) is 0 Å². The average Bonchev–Trinajstić information content (AvgIpc) is 3.18. The largest absolute Gasteiger partial charge is 0.394 e. The van der Waals surface area contributed by atoms with Crippen molar-refractivity contribution in [2.75, 3.05) is 6.61 Å². The zero-order valence-corrected chi connectivity index (χ0v) is 36.1. The van der Waals surface area contributed by atoms with Gasteiger partial charge in [-0.1, -0.05) is 204 Å². The number of hydrogen-bond donors (Lipinski definition) is 4.